The van der Waals surface area contributed by atoms with E-state index in [1.807, 2.05) is 18.2 Å². The Hall–Kier alpha value is -1.75. The van der Waals surface area contributed by atoms with E-state index >= 15 is 0 Å². The van der Waals surface area contributed by atoms with Gasteiger partial charge in [0.2, 0.25) is 0 Å². The number of ether oxygens (including phenoxy) is 2. The lowest BCUT2D eigenvalue weighted by atomic mass is 9.82. The van der Waals surface area contributed by atoms with Crippen molar-refractivity contribution in [2.75, 3.05) is 32.6 Å². The molecule has 3 rings (SSSR count). The molecule has 1 spiro atoms. The lowest BCUT2D eigenvalue weighted by Gasteiger charge is -2.43. The minimum Gasteiger partial charge on any atom is -0.496 e. The summed E-state index contributed by atoms with van der Waals surface area (Å²) >= 11 is 0. The lowest BCUT2D eigenvalue weighted by Crippen LogP contribution is -2.47. The summed E-state index contributed by atoms with van der Waals surface area (Å²) in [6.45, 7) is 1.82. The minimum atomic E-state index is -0.545. The van der Waals surface area contributed by atoms with Gasteiger partial charge in [0.15, 0.2) is 0 Å². The maximum Gasteiger partial charge on any atom is 0.412 e. The first-order chi connectivity index (χ1) is 9.14. The average molecular weight is 262 g/mol. The highest BCUT2D eigenvalue weighted by molar-refractivity contribution is 5.89. The Labute approximate surface area is 112 Å². The summed E-state index contributed by atoms with van der Waals surface area (Å²) in [6, 6.07) is 5.70. The molecule has 1 aromatic rings. The largest absolute Gasteiger partial charge is 0.496 e. The molecule has 5 heteroatoms. The third kappa shape index (κ3) is 1.94. The molecular weight excluding hydrogens is 244 g/mol. The number of hydrogen-bond acceptors (Lipinski definition) is 4. The molecule has 1 fully saturated rings. The van der Waals surface area contributed by atoms with Crippen molar-refractivity contribution in [1.29, 1.82) is 0 Å². The fourth-order valence-corrected chi connectivity index (χ4v) is 2.97. The number of fused-ring (bicyclic) bond motifs is 2. The molecule has 0 saturated carbocycles. The molecule has 0 unspecified atom stereocenters. The van der Waals surface area contributed by atoms with E-state index < -0.39 is 5.60 Å². The molecule has 0 atom stereocenters. The molecular formula is C14H18N2O3. The van der Waals surface area contributed by atoms with Crippen LogP contribution in [-0.4, -0.2) is 38.2 Å². The van der Waals surface area contributed by atoms with Crippen LogP contribution in [0.3, 0.4) is 0 Å². The van der Waals surface area contributed by atoms with Crippen molar-refractivity contribution in [2.45, 2.75) is 18.4 Å². The van der Waals surface area contributed by atoms with Crippen LogP contribution in [0.5, 0.6) is 5.75 Å². The van der Waals surface area contributed by atoms with Crippen LogP contribution in [0.15, 0.2) is 18.2 Å². The number of carbonyl (C=O) groups excluding carboxylic acids is 1. The third-order valence-electron chi connectivity index (χ3n) is 4.02. The fourth-order valence-electron chi connectivity index (χ4n) is 2.97. The SMILES string of the molecule is COc1cccc2c1C1(CCN(C)CC1)OC(=O)N2. The number of rotatable bonds is 1. The van der Waals surface area contributed by atoms with Crippen LogP contribution in [0, 0.1) is 0 Å². The van der Waals surface area contributed by atoms with Crippen LogP contribution in [0.4, 0.5) is 10.5 Å². The number of likely N-dealkylation sites (tertiary alicyclic amines) is 1. The molecule has 19 heavy (non-hydrogen) atoms. The maximum absolute atomic E-state index is 11.8. The molecule has 0 aromatic heterocycles. The van der Waals surface area contributed by atoms with Gasteiger partial charge in [-0.1, -0.05) is 6.07 Å². The highest BCUT2D eigenvalue weighted by Gasteiger charge is 2.45. The zero-order valence-electron chi connectivity index (χ0n) is 11.2. The van der Waals surface area contributed by atoms with Crippen molar-refractivity contribution < 1.29 is 14.3 Å². The minimum absolute atomic E-state index is 0.370. The van der Waals surface area contributed by atoms with Gasteiger partial charge in [-0.3, -0.25) is 5.32 Å². The van der Waals surface area contributed by atoms with E-state index in [2.05, 4.69) is 17.3 Å². The lowest BCUT2D eigenvalue weighted by molar-refractivity contribution is -0.0347. The summed E-state index contributed by atoms with van der Waals surface area (Å²) in [5.74, 6) is 0.780. The second-order valence-corrected chi connectivity index (χ2v) is 5.19. The van der Waals surface area contributed by atoms with E-state index in [1.165, 1.54) is 0 Å². The molecule has 0 bridgehead atoms. The molecule has 0 aliphatic carbocycles. The molecule has 1 amide bonds. The van der Waals surface area contributed by atoms with Gasteiger partial charge >= 0.3 is 6.09 Å². The van der Waals surface area contributed by atoms with E-state index in [-0.39, 0.29) is 6.09 Å². The van der Waals surface area contributed by atoms with Crippen molar-refractivity contribution in [3.05, 3.63) is 23.8 Å². The van der Waals surface area contributed by atoms with Gasteiger partial charge in [0.1, 0.15) is 11.4 Å². The van der Waals surface area contributed by atoms with Crippen LogP contribution < -0.4 is 10.1 Å². The molecule has 5 nitrogen and oxygen atoms in total. The maximum atomic E-state index is 11.8. The first-order valence-electron chi connectivity index (χ1n) is 6.51. The van der Waals surface area contributed by atoms with E-state index in [9.17, 15) is 4.79 Å². The van der Waals surface area contributed by atoms with E-state index in [0.29, 0.717) is 0 Å². The second kappa shape index (κ2) is 4.42. The predicted octanol–water partition coefficient (Wildman–Crippen LogP) is 2.18. The molecule has 2 aliphatic rings. The number of benzene rings is 1. The van der Waals surface area contributed by atoms with Gasteiger partial charge in [0.25, 0.3) is 0 Å². The van der Waals surface area contributed by atoms with E-state index in [0.717, 1.165) is 42.9 Å². The number of nitrogens with one attached hydrogen (secondary N) is 1. The molecule has 2 heterocycles. The first-order valence-corrected chi connectivity index (χ1v) is 6.51. The number of piperidine rings is 1. The third-order valence-corrected chi connectivity index (χ3v) is 4.02. The average Bonchev–Trinajstić information content (AvgIpc) is 2.41. The number of hydrogen-bond donors (Lipinski definition) is 1. The van der Waals surface area contributed by atoms with E-state index in [4.69, 9.17) is 9.47 Å². The van der Waals surface area contributed by atoms with Gasteiger partial charge in [-0.2, -0.15) is 0 Å². The van der Waals surface area contributed by atoms with Crippen molar-refractivity contribution >= 4 is 11.8 Å². The highest BCUT2D eigenvalue weighted by Crippen LogP contribution is 2.47. The Balaban J connectivity index is 2.10. The zero-order chi connectivity index (χ0) is 13.5. The summed E-state index contributed by atoms with van der Waals surface area (Å²) in [4.78, 5) is 14.0. The first kappa shape index (κ1) is 12.3. The van der Waals surface area contributed by atoms with Crippen LogP contribution in [0.2, 0.25) is 0 Å². The van der Waals surface area contributed by atoms with Crippen LogP contribution in [0.1, 0.15) is 18.4 Å². The Morgan fingerprint density at radius 1 is 1.37 bits per heavy atom. The smallest absolute Gasteiger partial charge is 0.412 e. The van der Waals surface area contributed by atoms with Crippen molar-refractivity contribution in [3.63, 3.8) is 0 Å². The monoisotopic (exact) mass is 262 g/mol. The molecule has 1 aromatic carbocycles. The van der Waals surface area contributed by atoms with Gasteiger partial charge in [0.05, 0.1) is 18.4 Å². The Morgan fingerprint density at radius 2 is 2.11 bits per heavy atom. The molecule has 2 aliphatic heterocycles. The van der Waals surface area contributed by atoms with Crippen LogP contribution >= 0.6 is 0 Å². The molecule has 1 N–H and O–H groups in total. The van der Waals surface area contributed by atoms with Crippen LogP contribution in [0.25, 0.3) is 0 Å². The summed E-state index contributed by atoms with van der Waals surface area (Å²) in [7, 11) is 3.73. The number of amides is 1. The zero-order valence-corrected chi connectivity index (χ0v) is 11.2. The number of nitrogens with zero attached hydrogens (tertiary/aromatic N) is 1. The molecule has 102 valence electrons. The standard InChI is InChI=1S/C14H18N2O3/c1-16-8-6-14(7-9-16)12-10(15-13(17)19-14)4-3-5-11(12)18-2/h3-5H,6-9H2,1-2H3,(H,15,17). The van der Waals surface area contributed by atoms with Crippen molar-refractivity contribution in [1.82, 2.24) is 4.90 Å². The Bertz CT molecular complexity index is 507. The van der Waals surface area contributed by atoms with Gasteiger partial charge in [-0.15, -0.1) is 0 Å². The summed E-state index contributed by atoms with van der Waals surface area (Å²) in [5.41, 5.74) is 1.24. The number of anilines is 1. The number of carbonyl (C=O) groups is 1. The highest BCUT2D eigenvalue weighted by atomic mass is 16.6. The Morgan fingerprint density at radius 3 is 2.79 bits per heavy atom. The van der Waals surface area contributed by atoms with Crippen molar-refractivity contribution in [2.24, 2.45) is 0 Å². The second-order valence-electron chi connectivity index (χ2n) is 5.19. The molecule has 1 saturated heterocycles. The summed E-state index contributed by atoms with van der Waals surface area (Å²) < 4.78 is 11.1. The van der Waals surface area contributed by atoms with E-state index in [1.54, 1.807) is 7.11 Å². The quantitative estimate of drug-likeness (QED) is 0.842. The fraction of sp³-hybridized carbons (Fsp3) is 0.500. The van der Waals surface area contributed by atoms with Gasteiger partial charge < -0.3 is 14.4 Å². The van der Waals surface area contributed by atoms with Crippen LogP contribution in [-0.2, 0) is 10.3 Å². The van der Waals surface area contributed by atoms with Gasteiger partial charge in [0, 0.05) is 25.9 Å². The predicted molar refractivity (Wildman–Crippen MR) is 71.5 cm³/mol. The van der Waals surface area contributed by atoms with Gasteiger partial charge in [-0.05, 0) is 19.2 Å². The molecule has 0 radical (unpaired) electrons. The van der Waals surface area contributed by atoms with Gasteiger partial charge in [-0.25, -0.2) is 4.79 Å². The topological polar surface area (TPSA) is 50.8 Å². The normalized spacial score (nSPS) is 21.5. The number of methoxy groups -OCH3 is 1. The summed E-state index contributed by atoms with van der Waals surface area (Å²) in [5, 5.41) is 2.76. The Kier molecular flexibility index (Phi) is 2.86. The van der Waals surface area contributed by atoms with Crippen molar-refractivity contribution in [3.8, 4) is 5.75 Å². The summed E-state index contributed by atoms with van der Waals surface area (Å²) in [6.07, 6.45) is 1.22.